The first-order valence-electron chi connectivity index (χ1n) is 9.69. The highest BCUT2D eigenvalue weighted by Crippen LogP contribution is 2.33. The number of aliphatic hydroxyl groups is 1. The smallest absolute Gasteiger partial charge is 0.123 e. The molecule has 0 radical (unpaired) electrons. The van der Waals surface area contributed by atoms with Gasteiger partial charge in [-0.3, -0.25) is 9.89 Å². The fraction of sp³-hybridized carbons (Fsp3) is 0.737. The van der Waals surface area contributed by atoms with E-state index < -0.39 is 0 Å². The van der Waals surface area contributed by atoms with Gasteiger partial charge in [0.25, 0.3) is 0 Å². The summed E-state index contributed by atoms with van der Waals surface area (Å²) in [5, 5.41) is 14.6. The summed E-state index contributed by atoms with van der Waals surface area (Å²) in [6.07, 6.45) is 11.4. The van der Waals surface area contributed by atoms with Crippen LogP contribution in [0.3, 0.4) is 0 Å². The van der Waals surface area contributed by atoms with Crippen LogP contribution in [-0.2, 0) is 0 Å². The van der Waals surface area contributed by atoms with Crippen LogP contribution in [0.2, 0.25) is 0 Å². The third-order valence-electron chi connectivity index (χ3n) is 5.99. The molecule has 4 N–H and O–H groups in total. The molecule has 3 atom stereocenters. The molecular weight excluding hydrogens is 332 g/mol. The third-order valence-corrected chi connectivity index (χ3v) is 7.55. The number of nitrogens with two attached hydrogens (primary N) is 1. The maximum atomic E-state index is 10.5. The predicted octanol–water partition coefficient (Wildman–Crippen LogP) is 1.85. The summed E-state index contributed by atoms with van der Waals surface area (Å²) in [5.74, 6) is 1.51. The molecule has 0 amide bonds. The Hall–Kier alpha value is -0.820. The van der Waals surface area contributed by atoms with Crippen molar-refractivity contribution in [3.05, 3.63) is 22.9 Å². The molecule has 1 saturated heterocycles. The second-order valence-electron chi connectivity index (χ2n) is 7.82. The molecule has 0 spiro atoms. The molecular formula is C19H30N4OS. The zero-order chi connectivity index (χ0) is 17.2. The topological polar surface area (TPSA) is 73.9 Å². The van der Waals surface area contributed by atoms with Crippen molar-refractivity contribution in [1.82, 2.24) is 10.2 Å². The summed E-state index contributed by atoms with van der Waals surface area (Å²) >= 11 is 2.10. The van der Waals surface area contributed by atoms with Crippen molar-refractivity contribution in [2.45, 2.75) is 56.0 Å². The number of allylic oxidation sites excluding steroid dienone is 1. The average molecular weight is 363 g/mol. The Morgan fingerprint density at radius 1 is 1.28 bits per heavy atom. The second kappa shape index (κ2) is 7.82. The third kappa shape index (κ3) is 3.97. The summed E-state index contributed by atoms with van der Waals surface area (Å²) in [4.78, 5) is 6.63. The van der Waals surface area contributed by atoms with Crippen molar-refractivity contribution >= 4 is 18.1 Å². The van der Waals surface area contributed by atoms with Crippen LogP contribution in [0.25, 0.3) is 0 Å². The van der Waals surface area contributed by atoms with Crippen molar-refractivity contribution < 1.29 is 5.11 Å². The van der Waals surface area contributed by atoms with E-state index in [-0.39, 0.29) is 12.3 Å². The number of aliphatic imine (C=N–C) groups is 1. The van der Waals surface area contributed by atoms with Crippen molar-refractivity contribution in [3.63, 3.8) is 0 Å². The van der Waals surface area contributed by atoms with Gasteiger partial charge in [-0.05, 0) is 30.4 Å². The number of nitrogens with zero attached hydrogens (tertiary/aromatic N) is 2. The zero-order valence-corrected chi connectivity index (χ0v) is 15.7. The fourth-order valence-corrected chi connectivity index (χ4v) is 5.99. The van der Waals surface area contributed by atoms with Crippen LogP contribution in [0.4, 0.5) is 0 Å². The van der Waals surface area contributed by atoms with Crippen molar-refractivity contribution in [1.29, 1.82) is 0 Å². The summed E-state index contributed by atoms with van der Waals surface area (Å²) in [7, 11) is 0. The number of rotatable bonds is 5. The molecule has 3 unspecified atom stereocenters. The largest absolute Gasteiger partial charge is 0.391 e. The predicted molar refractivity (Wildman–Crippen MR) is 105 cm³/mol. The molecule has 2 fully saturated rings. The normalized spacial score (nSPS) is 33.5. The van der Waals surface area contributed by atoms with Crippen LogP contribution < -0.4 is 11.1 Å². The van der Waals surface area contributed by atoms with E-state index in [9.17, 15) is 5.11 Å². The first kappa shape index (κ1) is 17.6. The number of thioether (sulfide) groups is 1. The highest BCUT2D eigenvalue weighted by Gasteiger charge is 2.33. The van der Waals surface area contributed by atoms with Crippen LogP contribution in [0.5, 0.6) is 0 Å². The first-order chi connectivity index (χ1) is 12.2. The Labute approximate surface area is 154 Å². The summed E-state index contributed by atoms with van der Waals surface area (Å²) < 4.78 is 0. The molecule has 25 heavy (non-hydrogen) atoms. The molecule has 5 nitrogen and oxygen atoms in total. The number of β-amino-alcohol motifs (C(OH)–C–C–N with tert-alkyl or cyclic N) is 1. The van der Waals surface area contributed by atoms with Crippen LogP contribution in [0.1, 0.15) is 38.5 Å². The second-order valence-corrected chi connectivity index (χ2v) is 9.15. The lowest BCUT2D eigenvalue weighted by atomic mass is 10.0. The average Bonchev–Trinajstić information content (AvgIpc) is 3.19. The van der Waals surface area contributed by atoms with Crippen LogP contribution in [-0.4, -0.2) is 59.3 Å². The monoisotopic (exact) mass is 362 g/mol. The van der Waals surface area contributed by atoms with E-state index in [1.54, 1.807) is 6.34 Å². The maximum Gasteiger partial charge on any atom is 0.123 e. The molecule has 138 valence electrons. The minimum atomic E-state index is -0.200. The standard InChI is InChI=1S/C19H30N4OS/c20-19-16-7-6-13(18(16)21-12-22-19)8-23-9-14(17(24)10-23)11-25-15-4-2-1-3-5-15/h6,12,14-15,17,19,24H,1-5,7-11,20H2,(H,21,22). The lowest BCUT2D eigenvalue weighted by molar-refractivity contribution is 0.151. The van der Waals surface area contributed by atoms with E-state index in [1.165, 1.54) is 43.3 Å². The van der Waals surface area contributed by atoms with E-state index in [0.29, 0.717) is 5.92 Å². The van der Waals surface area contributed by atoms with Gasteiger partial charge in [0.05, 0.1) is 12.4 Å². The van der Waals surface area contributed by atoms with Gasteiger partial charge in [-0.1, -0.05) is 25.3 Å². The molecule has 2 aliphatic carbocycles. The Bertz CT molecular complexity index is 582. The number of likely N-dealkylation sites (tertiary alicyclic amines) is 1. The lowest BCUT2D eigenvalue weighted by Crippen LogP contribution is -2.32. The highest BCUT2D eigenvalue weighted by molar-refractivity contribution is 7.99. The molecule has 0 bridgehead atoms. The Balaban J connectivity index is 1.28. The van der Waals surface area contributed by atoms with Gasteiger partial charge < -0.3 is 16.2 Å². The number of nitrogens with one attached hydrogen (secondary N) is 1. The van der Waals surface area contributed by atoms with Crippen molar-refractivity contribution in [3.8, 4) is 0 Å². The van der Waals surface area contributed by atoms with E-state index in [4.69, 9.17) is 5.73 Å². The minimum absolute atomic E-state index is 0.185. The Morgan fingerprint density at radius 2 is 2.12 bits per heavy atom. The fourth-order valence-electron chi connectivity index (χ4n) is 4.48. The molecule has 0 aromatic carbocycles. The van der Waals surface area contributed by atoms with Gasteiger partial charge in [0.2, 0.25) is 0 Å². The summed E-state index contributed by atoms with van der Waals surface area (Å²) in [6.45, 7) is 2.69. The van der Waals surface area contributed by atoms with Gasteiger partial charge in [-0.2, -0.15) is 11.8 Å². The van der Waals surface area contributed by atoms with E-state index >= 15 is 0 Å². The van der Waals surface area contributed by atoms with Gasteiger partial charge >= 0.3 is 0 Å². The lowest BCUT2D eigenvalue weighted by Gasteiger charge is -2.23. The number of aliphatic hydroxyl groups excluding tert-OH is 1. The Morgan fingerprint density at radius 3 is 2.96 bits per heavy atom. The molecule has 2 heterocycles. The van der Waals surface area contributed by atoms with Gasteiger partial charge in [0, 0.05) is 42.3 Å². The molecule has 1 saturated carbocycles. The van der Waals surface area contributed by atoms with Crippen molar-refractivity contribution in [2.75, 3.05) is 25.4 Å². The molecule has 4 rings (SSSR count). The van der Waals surface area contributed by atoms with Gasteiger partial charge in [0.1, 0.15) is 6.17 Å². The molecule has 0 aromatic heterocycles. The van der Waals surface area contributed by atoms with Gasteiger partial charge in [-0.25, -0.2) is 0 Å². The SMILES string of the molecule is NC1N=CNC2=C1CC=C2CN1CC(O)C(CSC2CCCCC2)C1. The van der Waals surface area contributed by atoms with E-state index in [0.717, 1.165) is 42.8 Å². The van der Waals surface area contributed by atoms with Gasteiger partial charge in [0.15, 0.2) is 0 Å². The molecule has 6 heteroatoms. The maximum absolute atomic E-state index is 10.5. The number of hydrogen-bond acceptors (Lipinski definition) is 6. The first-order valence-corrected chi connectivity index (χ1v) is 10.7. The van der Waals surface area contributed by atoms with Crippen LogP contribution >= 0.6 is 11.8 Å². The highest BCUT2D eigenvalue weighted by atomic mass is 32.2. The Kier molecular flexibility index (Phi) is 5.50. The number of hydrogen-bond donors (Lipinski definition) is 3. The van der Waals surface area contributed by atoms with Crippen molar-refractivity contribution in [2.24, 2.45) is 16.6 Å². The van der Waals surface area contributed by atoms with Crippen LogP contribution in [0.15, 0.2) is 27.9 Å². The molecule has 4 aliphatic rings. The van der Waals surface area contributed by atoms with E-state index in [2.05, 4.69) is 33.0 Å². The van der Waals surface area contributed by atoms with E-state index in [1.807, 2.05) is 0 Å². The zero-order valence-electron chi connectivity index (χ0n) is 14.9. The quantitative estimate of drug-likeness (QED) is 0.696. The minimum Gasteiger partial charge on any atom is -0.391 e. The molecule has 2 aliphatic heterocycles. The molecule has 0 aromatic rings. The summed E-state index contributed by atoms with van der Waals surface area (Å²) in [5.41, 5.74) is 9.73. The van der Waals surface area contributed by atoms with Gasteiger partial charge in [-0.15, -0.1) is 0 Å². The van der Waals surface area contributed by atoms with Crippen LogP contribution in [0, 0.1) is 5.92 Å². The summed E-state index contributed by atoms with van der Waals surface area (Å²) in [6, 6.07) is 0.